The topological polar surface area (TPSA) is 52.5 Å². The first-order valence-electron chi connectivity index (χ1n) is 10.6. The third-order valence-corrected chi connectivity index (χ3v) is 6.63. The standard InChI is InChI=1S/C20H33N5OS/c1-27-20-22-19-21-18-16(15-25(19)23-20)9-7-5-3-2-4-6-8-10-17(18)24-11-13-26-14-12-24/h17H,2-15H2,1H3,(H,21,22,23). The van der Waals surface area contributed by atoms with Crippen molar-refractivity contribution in [2.45, 2.75) is 63.8 Å². The third-order valence-electron chi connectivity index (χ3n) is 6.06. The van der Waals surface area contributed by atoms with Crippen molar-refractivity contribution in [1.29, 1.82) is 0 Å². The first-order valence-corrected chi connectivity index (χ1v) is 11.9. The highest BCUT2D eigenvalue weighted by molar-refractivity contribution is 8.13. The minimum atomic E-state index is 0.423. The number of thioether (sulfide) groups is 1. The number of rotatable bonds is 1. The fraction of sp³-hybridized carbons (Fsp3) is 0.800. The van der Waals surface area contributed by atoms with Crippen LogP contribution < -0.4 is 5.43 Å². The van der Waals surface area contributed by atoms with Gasteiger partial charge in [-0.25, -0.2) is 10.0 Å². The number of morpholine rings is 1. The fourth-order valence-electron chi connectivity index (χ4n) is 4.55. The second kappa shape index (κ2) is 9.43. The van der Waals surface area contributed by atoms with E-state index in [0.717, 1.165) is 44.0 Å². The van der Waals surface area contributed by atoms with Crippen LogP contribution in [0.2, 0.25) is 0 Å². The summed E-state index contributed by atoms with van der Waals surface area (Å²) in [5.41, 5.74) is 6.24. The molecule has 1 aliphatic carbocycles. The Bertz CT molecular complexity index is 611. The van der Waals surface area contributed by atoms with Crippen molar-refractivity contribution in [1.82, 2.24) is 15.3 Å². The first-order chi connectivity index (χ1) is 13.3. The van der Waals surface area contributed by atoms with Gasteiger partial charge in [0.05, 0.1) is 31.5 Å². The number of aliphatic imine (C=N–C) groups is 2. The molecule has 1 atom stereocenters. The lowest BCUT2D eigenvalue weighted by atomic mass is 9.93. The van der Waals surface area contributed by atoms with Gasteiger partial charge in [-0.3, -0.25) is 10.3 Å². The van der Waals surface area contributed by atoms with Crippen LogP contribution >= 0.6 is 11.8 Å². The van der Waals surface area contributed by atoms with Crippen molar-refractivity contribution in [2.75, 3.05) is 39.1 Å². The van der Waals surface area contributed by atoms with Gasteiger partial charge < -0.3 is 4.74 Å². The Morgan fingerprint density at radius 1 is 1.00 bits per heavy atom. The van der Waals surface area contributed by atoms with Gasteiger partial charge in [0, 0.05) is 13.1 Å². The van der Waals surface area contributed by atoms with Crippen LogP contribution in [0.3, 0.4) is 0 Å². The van der Waals surface area contributed by atoms with E-state index in [1.54, 1.807) is 11.8 Å². The second-order valence-corrected chi connectivity index (χ2v) is 8.69. The average Bonchev–Trinajstić information content (AvgIpc) is 3.10. The molecule has 7 heteroatoms. The minimum absolute atomic E-state index is 0.423. The SMILES string of the molecule is CSC1=NC2=NC3=C(CCCCCCCCCC3N3CCOCC3)CN2N1. The predicted molar refractivity (Wildman–Crippen MR) is 113 cm³/mol. The fourth-order valence-corrected chi connectivity index (χ4v) is 4.92. The molecule has 0 amide bonds. The molecule has 0 aromatic rings. The molecule has 4 rings (SSSR count). The smallest absolute Gasteiger partial charge is 0.247 e. The maximum absolute atomic E-state index is 5.63. The number of nitrogens with zero attached hydrogens (tertiary/aromatic N) is 4. The molecule has 0 aromatic carbocycles. The Morgan fingerprint density at radius 3 is 2.52 bits per heavy atom. The van der Waals surface area contributed by atoms with Crippen LogP contribution in [-0.4, -0.2) is 66.2 Å². The zero-order valence-corrected chi connectivity index (χ0v) is 17.4. The third kappa shape index (κ3) is 4.69. The summed E-state index contributed by atoms with van der Waals surface area (Å²) < 4.78 is 5.63. The van der Waals surface area contributed by atoms with E-state index in [-0.39, 0.29) is 0 Å². The van der Waals surface area contributed by atoms with Crippen molar-refractivity contribution in [2.24, 2.45) is 9.98 Å². The Hall–Kier alpha value is -1.05. The molecule has 1 unspecified atom stereocenters. The highest BCUT2D eigenvalue weighted by Crippen LogP contribution is 2.31. The quantitative estimate of drug-likeness (QED) is 0.743. The van der Waals surface area contributed by atoms with E-state index < -0.39 is 0 Å². The molecule has 0 bridgehead atoms. The molecule has 6 nitrogen and oxygen atoms in total. The van der Waals surface area contributed by atoms with Gasteiger partial charge in [-0.15, -0.1) is 0 Å². The summed E-state index contributed by atoms with van der Waals surface area (Å²) in [4.78, 5) is 12.4. The maximum Gasteiger partial charge on any atom is 0.247 e. The summed E-state index contributed by atoms with van der Waals surface area (Å²) in [6.45, 7) is 4.65. The van der Waals surface area contributed by atoms with Gasteiger partial charge in [0.2, 0.25) is 5.96 Å². The Labute approximate surface area is 167 Å². The van der Waals surface area contributed by atoms with Gasteiger partial charge in [0.15, 0.2) is 5.17 Å². The van der Waals surface area contributed by atoms with E-state index in [9.17, 15) is 0 Å². The van der Waals surface area contributed by atoms with Gasteiger partial charge in [0.25, 0.3) is 0 Å². The van der Waals surface area contributed by atoms with Crippen LogP contribution in [0.4, 0.5) is 0 Å². The normalized spacial score (nSPS) is 28.3. The molecule has 3 aliphatic heterocycles. The van der Waals surface area contributed by atoms with Crippen molar-refractivity contribution in [3.63, 3.8) is 0 Å². The highest BCUT2D eigenvalue weighted by atomic mass is 32.2. The zero-order valence-electron chi connectivity index (χ0n) is 16.6. The van der Waals surface area contributed by atoms with Gasteiger partial charge in [0.1, 0.15) is 0 Å². The number of fused-ring (bicyclic) bond motifs is 1. The Morgan fingerprint density at radius 2 is 1.74 bits per heavy atom. The molecule has 0 saturated carbocycles. The molecular formula is C20H33N5OS. The van der Waals surface area contributed by atoms with Crippen molar-refractivity contribution >= 4 is 22.9 Å². The monoisotopic (exact) mass is 391 g/mol. The van der Waals surface area contributed by atoms with E-state index >= 15 is 0 Å². The number of nitrogens with one attached hydrogen (secondary N) is 1. The molecule has 27 heavy (non-hydrogen) atoms. The largest absolute Gasteiger partial charge is 0.379 e. The summed E-state index contributed by atoms with van der Waals surface area (Å²) in [6.07, 6.45) is 13.9. The van der Waals surface area contributed by atoms with E-state index in [1.807, 2.05) is 0 Å². The Kier molecular flexibility index (Phi) is 6.73. The zero-order chi connectivity index (χ0) is 18.5. The van der Waals surface area contributed by atoms with Crippen molar-refractivity contribution in [3.05, 3.63) is 11.3 Å². The minimum Gasteiger partial charge on any atom is -0.379 e. The molecule has 1 N–H and O–H groups in total. The lowest BCUT2D eigenvalue weighted by molar-refractivity contribution is 0.0209. The van der Waals surface area contributed by atoms with Crippen molar-refractivity contribution < 1.29 is 4.74 Å². The molecular weight excluding hydrogens is 358 g/mol. The van der Waals surface area contributed by atoms with Crippen LogP contribution in [-0.2, 0) is 4.74 Å². The van der Waals surface area contributed by atoms with E-state index in [2.05, 4.69) is 21.6 Å². The summed E-state index contributed by atoms with van der Waals surface area (Å²) in [7, 11) is 0. The van der Waals surface area contributed by atoms with Gasteiger partial charge in [-0.05, 0) is 31.1 Å². The van der Waals surface area contributed by atoms with Crippen LogP contribution in [0.5, 0.6) is 0 Å². The Balaban J connectivity index is 1.63. The van der Waals surface area contributed by atoms with E-state index in [4.69, 9.17) is 14.7 Å². The summed E-state index contributed by atoms with van der Waals surface area (Å²) in [5, 5.41) is 3.09. The number of guanidine groups is 1. The molecule has 1 saturated heterocycles. The van der Waals surface area contributed by atoms with Gasteiger partial charge >= 0.3 is 0 Å². The van der Waals surface area contributed by atoms with Gasteiger partial charge in [-0.1, -0.05) is 50.3 Å². The predicted octanol–water partition coefficient (Wildman–Crippen LogP) is 3.37. The molecule has 3 heterocycles. The van der Waals surface area contributed by atoms with E-state index in [0.29, 0.717) is 6.04 Å². The molecule has 150 valence electrons. The van der Waals surface area contributed by atoms with E-state index in [1.165, 1.54) is 69.1 Å². The number of amidine groups is 1. The molecule has 1 fully saturated rings. The number of hydrazine groups is 1. The van der Waals surface area contributed by atoms with Crippen molar-refractivity contribution in [3.8, 4) is 0 Å². The van der Waals surface area contributed by atoms with Crippen LogP contribution in [0.25, 0.3) is 0 Å². The molecule has 0 spiro atoms. The molecule has 4 aliphatic rings. The number of hydrogen-bond acceptors (Lipinski definition) is 7. The van der Waals surface area contributed by atoms with Crippen LogP contribution in [0, 0.1) is 0 Å². The van der Waals surface area contributed by atoms with Gasteiger partial charge in [-0.2, -0.15) is 4.99 Å². The number of ether oxygens (including phenoxy) is 1. The molecule has 0 aromatic heterocycles. The second-order valence-electron chi connectivity index (χ2n) is 7.90. The summed E-state index contributed by atoms with van der Waals surface area (Å²) >= 11 is 1.65. The maximum atomic E-state index is 5.63. The van der Waals surface area contributed by atoms with Crippen LogP contribution in [0.15, 0.2) is 21.3 Å². The summed E-state index contributed by atoms with van der Waals surface area (Å²) in [5.74, 6) is 0.850. The molecule has 0 radical (unpaired) electrons. The first kappa shape index (κ1) is 19.3. The average molecular weight is 392 g/mol. The lowest BCUT2D eigenvalue weighted by Gasteiger charge is -2.38. The highest BCUT2D eigenvalue weighted by Gasteiger charge is 2.33. The lowest BCUT2D eigenvalue weighted by Crippen LogP contribution is -2.47. The number of hydrogen-bond donors (Lipinski definition) is 1. The summed E-state index contributed by atoms with van der Waals surface area (Å²) in [6, 6.07) is 0.423. The van der Waals surface area contributed by atoms with Crippen LogP contribution in [0.1, 0.15) is 57.8 Å².